The molecular formula is C20H21ClFN2NaO3. The summed E-state index contributed by atoms with van der Waals surface area (Å²) in [6, 6.07) is 5.21. The topological polar surface area (TPSA) is 65.5 Å². The number of hydrogen-bond donors (Lipinski definition) is 0. The van der Waals surface area contributed by atoms with Crippen LogP contribution in [0.5, 0.6) is 5.75 Å². The number of hydrogen-bond acceptors (Lipinski definition) is 5. The number of alkyl halides is 1. The largest absolute Gasteiger partial charge is 1.00 e. The van der Waals surface area contributed by atoms with Crippen molar-refractivity contribution < 1.29 is 48.6 Å². The predicted molar refractivity (Wildman–Crippen MR) is 100 cm³/mol. The van der Waals surface area contributed by atoms with Gasteiger partial charge in [-0.1, -0.05) is 11.6 Å². The molecule has 0 amide bonds. The number of carboxylic acid groups (broad SMARTS) is 1. The van der Waals surface area contributed by atoms with Crippen molar-refractivity contribution >= 4 is 23.3 Å². The molecule has 0 atom stereocenters. The molecule has 0 unspecified atom stereocenters. The van der Waals surface area contributed by atoms with Gasteiger partial charge in [0, 0.05) is 35.4 Å². The number of ether oxygens (including phenoxy) is 1. The van der Waals surface area contributed by atoms with E-state index in [0.717, 1.165) is 29.8 Å². The van der Waals surface area contributed by atoms with Crippen LogP contribution >= 0.6 is 11.6 Å². The van der Waals surface area contributed by atoms with Crippen LogP contribution in [0.1, 0.15) is 41.8 Å². The Kier molecular flexibility index (Phi) is 7.73. The quantitative estimate of drug-likeness (QED) is 0.631. The van der Waals surface area contributed by atoms with Crippen LogP contribution < -0.4 is 44.3 Å². The fourth-order valence-electron chi connectivity index (χ4n) is 3.19. The molecular weight excluding hydrogens is 394 g/mol. The molecule has 0 aliphatic carbocycles. The first kappa shape index (κ1) is 22.9. The Labute approximate surface area is 191 Å². The monoisotopic (exact) mass is 414 g/mol. The molecule has 2 heterocycles. The van der Waals surface area contributed by atoms with E-state index >= 15 is 0 Å². The Hall–Kier alpha value is -1.34. The zero-order valence-electron chi connectivity index (χ0n) is 16.3. The van der Waals surface area contributed by atoms with Gasteiger partial charge >= 0.3 is 29.6 Å². The first-order valence-corrected chi connectivity index (χ1v) is 9.16. The molecule has 0 N–H and O–H groups in total. The van der Waals surface area contributed by atoms with Crippen LogP contribution in [-0.4, -0.2) is 29.8 Å². The van der Waals surface area contributed by atoms with Crippen molar-refractivity contribution in [3.63, 3.8) is 0 Å². The molecule has 1 aromatic heterocycles. The van der Waals surface area contributed by atoms with Crippen LogP contribution in [-0.2, 0) is 13.0 Å². The van der Waals surface area contributed by atoms with Crippen molar-refractivity contribution in [2.75, 3.05) is 18.1 Å². The molecule has 3 rings (SSSR count). The SMILES string of the molecule is CC(C)(F)COc1ccc(Cl)cc1CN1CCCc2c(C(=O)[O-])cncc21.[Na+]. The molecule has 8 heteroatoms. The van der Waals surface area contributed by atoms with Crippen LogP contribution in [0, 0.1) is 0 Å². The van der Waals surface area contributed by atoms with E-state index in [1.807, 2.05) is 4.90 Å². The van der Waals surface area contributed by atoms with Gasteiger partial charge in [0.15, 0.2) is 0 Å². The fourth-order valence-corrected chi connectivity index (χ4v) is 3.38. The Morgan fingerprint density at radius 1 is 1.39 bits per heavy atom. The van der Waals surface area contributed by atoms with Gasteiger partial charge < -0.3 is 19.5 Å². The Morgan fingerprint density at radius 2 is 2.14 bits per heavy atom. The third-order valence-corrected chi connectivity index (χ3v) is 4.64. The molecule has 0 bridgehead atoms. The van der Waals surface area contributed by atoms with Crippen molar-refractivity contribution in [1.82, 2.24) is 4.98 Å². The number of aromatic carboxylic acids is 1. The third-order valence-electron chi connectivity index (χ3n) is 4.40. The minimum absolute atomic E-state index is 0. The fraction of sp³-hybridized carbons (Fsp3) is 0.400. The van der Waals surface area contributed by atoms with E-state index in [9.17, 15) is 14.3 Å². The van der Waals surface area contributed by atoms with Crippen molar-refractivity contribution in [3.8, 4) is 5.75 Å². The van der Waals surface area contributed by atoms with Crippen molar-refractivity contribution in [2.45, 2.75) is 38.9 Å². The number of benzene rings is 1. The van der Waals surface area contributed by atoms with Gasteiger partial charge in [0.05, 0.1) is 17.9 Å². The van der Waals surface area contributed by atoms with Crippen molar-refractivity contribution in [2.24, 2.45) is 0 Å². The second-order valence-corrected chi connectivity index (χ2v) is 7.69. The van der Waals surface area contributed by atoms with Crippen LogP contribution in [0.3, 0.4) is 0 Å². The van der Waals surface area contributed by atoms with Gasteiger partial charge in [-0.2, -0.15) is 0 Å². The summed E-state index contributed by atoms with van der Waals surface area (Å²) in [5.74, 6) is -0.667. The number of carbonyl (C=O) groups excluding carboxylic acids is 1. The molecule has 2 aromatic rings. The maximum absolute atomic E-state index is 13.8. The number of pyridine rings is 1. The molecule has 0 fully saturated rings. The summed E-state index contributed by atoms with van der Waals surface area (Å²) in [5.41, 5.74) is 0.963. The van der Waals surface area contributed by atoms with Gasteiger partial charge in [-0.05, 0) is 50.5 Å². The molecule has 1 aliphatic rings. The molecule has 1 aromatic carbocycles. The number of rotatable bonds is 6. The first-order chi connectivity index (χ1) is 12.7. The summed E-state index contributed by atoms with van der Waals surface area (Å²) in [4.78, 5) is 17.5. The van der Waals surface area contributed by atoms with E-state index in [-0.39, 0.29) is 41.7 Å². The summed E-state index contributed by atoms with van der Waals surface area (Å²) in [6.07, 6.45) is 4.46. The molecule has 0 radical (unpaired) electrons. The maximum atomic E-state index is 13.8. The minimum atomic E-state index is -1.46. The molecule has 0 saturated carbocycles. The van der Waals surface area contributed by atoms with E-state index in [1.54, 1.807) is 24.4 Å². The van der Waals surface area contributed by atoms with E-state index in [0.29, 0.717) is 23.7 Å². The average Bonchev–Trinajstić information content (AvgIpc) is 2.60. The zero-order valence-corrected chi connectivity index (χ0v) is 19.1. The Balaban J connectivity index is 0.00000280. The van der Waals surface area contributed by atoms with Crippen LogP contribution in [0.4, 0.5) is 10.1 Å². The summed E-state index contributed by atoms with van der Waals surface area (Å²) < 4.78 is 19.5. The summed E-state index contributed by atoms with van der Waals surface area (Å²) in [6.45, 7) is 4.03. The molecule has 5 nitrogen and oxygen atoms in total. The molecule has 144 valence electrons. The van der Waals surface area contributed by atoms with Gasteiger partial charge in [-0.25, -0.2) is 4.39 Å². The van der Waals surface area contributed by atoms with Gasteiger partial charge in [-0.3, -0.25) is 4.98 Å². The number of anilines is 1. The van der Waals surface area contributed by atoms with Crippen LogP contribution in [0.15, 0.2) is 30.6 Å². The second kappa shape index (κ2) is 9.44. The van der Waals surface area contributed by atoms with E-state index in [4.69, 9.17) is 16.3 Å². The summed E-state index contributed by atoms with van der Waals surface area (Å²) in [7, 11) is 0. The Bertz CT molecular complexity index is 858. The number of carboxylic acids is 1. The van der Waals surface area contributed by atoms with Crippen molar-refractivity contribution in [3.05, 3.63) is 52.3 Å². The zero-order chi connectivity index (χ0) is 19.6. The predicted octanol–water partition coefficient (Wildman–Crippen LogP) is 0.182. The van der Waals surface area contributed by atoms with Crippen LogP contribution in [0.25, 0.3) is 0 Å². The van der Waals surface area contributed by atoms with Gasteiger partial charge in [0.25, 0.3) is 0 Å². The second-order valence-electron chi connectivity index (χ2n) is 7.26. The molecule has 28 heavy (non-hydrogen) atoms. The van der Waals surface area contributed by atoms with E-state index < -0.39 is 11.6 Å². The minimum Gasteiger partial charge on any atom is -0.545 e. The first-order valence-electron chi connectivity index (χ1n) is 8.78. The maximum Gasteiger partial charge on any atom is 1.00 e. The third kappa shape index (κ3) is 5.60. The molecule has 0 saturated heterocycles. The van der Waals surface area contributed by atoms with E-state index in [1.165, 1.54) is 20.0 Å². The van der Waals surface area contributed by atoms with Crippen LogP contribution in [0.2, 0.25) is 5.02 Å². The number of fused-ring (bicyclic) bond motifs is 1. The summed E-state index contributed by atoms with van der Waals surface area (Å²) in [5, 5.41) is 11.9. The van der Waals surface area contributed by atoms with Gasteiger partial charge in [0.2, 0.25) is 0 Å². The van der Waals surface area contributed by atoms with Gasteiger partial charge in [0.1, 0.15) is 18.0 Å². The summed E-state index contributed by atoms with van der Waals surface area (Å²) >= 11 is 6.15. The van der Waals surface area contributed by atoms with Crippen molar-refractivity contribution in [1.29, 1.82) is 0 Å². The number of halogens is 2. The van der Waals surface area contributed by atoms with Gasteiger partial charge in [-0.15, -0.1) is 0 Å². The number of carbonyl (C=O) groups is 1. The molecule has 0 spiro atoms. The smallest absolute Gasteiger partial charge is 0.545 e. The van der Waals surface area contributed by atoms with E-state index in [2.05, 4.69) is 4.98 Å². The average molecular weight is 415 g/mol. The Morgan fingerprint density at radius 3 is 2.82 bits per heavy atom. The normalized spacial score (nSPS) is 13.5. The number of aromatic nitrogens is 1. The number of nitrogens with zero attached hydrogens (tertiary/aromatic N) is 2. The molecule has 1 aliphatic heterocycles. The standard InChI is InChI=1S/C20H22ClFN2O3.Na/c1-20(2,22)12-27-18-6-5-14(21)8-13(18)11-24-7-3-4-15-16(19(25)26)9-23-10-17(15)24;/h5-6,8-10H,3-4,7,11-12H2,1-2H3,(H,25,26);/q;+1/p-1.